The molecule has 2 N–H and O–H groups in total. The van der Waals surface area contributed by atoms with E-state index in [-0.39, 0.29) is 17.2 Å². The van der Waals surface area contributed by atoms with Crippen molar-refractivity contribution in [1.82, 2.24) is 19.7 Å². The minimum Gasteiger partial charge on any atom is -0.486 e. The molecule has 1 aliphatic rings. The van der Waals surface area contributed by atoms with Crippen LogP contribution in [0.3, 0.4) is 0 Å². The van der Waals surface area contributed by atoms with Gasteiger partial charge in [0, 0.05) is 11.8 Å². The highest BCUT2D eigenvalue weighted by molar-refractivity contribution is 7.99. The number of rotatable bonds is 5. The van der Waals surface area contributed by atoms with Crippen LogP contribution in [0, 0.1) is 6.92 Å². The van der Waals surface area contributed by atoms with Gasteiger partial charge >= 0.3 is 0 Å². The Morgan fingerprint density at radius 3 is 2.84 bits per heavy atom. The highest BCUT2D eigenvalue weighted by Gasteiger charge is 2.18. The van der Waals surface area contributed by atoms with E-state index in [1.807, 2.05) is 31.2 Å². The number of thioether (sulfide) groups is 1. The van der Waals surface area contributed by atoms with Crippen LogP contribution in [0.1, 0.15) is 5.56 Å². The zero-order valence-corrected chi connectivity index (χ0v) is 17.9. The summed E-state index contributed by atoms with van der Waals surface area (Å²) in [4.78, 5) is 30.3. The topological polar surface area (TPSA) is 111 Å². The number of aromatic amines is 1. The van der Waals surface area contributed by atoms with E-state index in [9.17, 15) is 9.59 Å². The summed E-state index contributed by atoms with van der Waals surface area (Å²) in [6.07, 6.45) is 1.46. The molecule has 2 aromatic carbocycles. The molecule has 32 heavy (non-hydrogen) atoms. The Balaban J connectivity index is 1.40. The molecule has 0 fully saturated rings. The van der Waals surface area contributed by atoms with Crippen LogP contribution in [0.4, 0.5) is 5.69 Å². The number of hydrogen-bond acceptors (Lipinski definition) is 7. The van der Waals surface area contributed by atoms with Crippen molar-refractivity contribution in [3.05, 3.63) is 64.6 Å². The highest BCUT2D eigenvalue weighted by Crippen LogP contribution is 2.32. The molecular formula is C22H19N5O4S. The standard InChI is InChI=1S/C22H19N5O4S/c1-13-4-2-3-5-16(13)27-21(29)15-11-23-26-20(15)25-22(27)32-12-19(28)24-14-6-7-17-18(10-14)31-9-8-30-17/h2-7,10-11H,8-9,12H2,1H3,(H,23,26)(H,24,28). The van der Waals surface area contributed by atoms with Crippen molar-refractivity contribution in [3.8, 4) is 17.2 Å². The maximum atomic E-state index is 13.2. The smallest absolute Gasteiger partial charge is 0.269 e. The number of nitrogens with zero attached hydrogens (tertiary/aromatic N) is 3. The number of amides is 1. The molecule has 0 aliphatic carbocycles. The Hall–Kier alpha value is -3.79. The Labute approximate surface area is 186 Å². The Bertz CT molecular complexity index is 1380. The van der Waals surface area contributed by atoms with Gasteiger partial charge in [0.15, 0.2) is 22.3 Å². The van der Waals surface area contributed by atoms with Gasteiger partial charge in [0.25, 0.3) is 5.56 Å². The van der Waals surface area contributed by atoms with Gasteiger partial charge < -0.3 is 14.8 Å². The fourth-order valence-electron chi connectivity index (χ4n) is 3.45. The molecule has 0 unspecified atom stereocenters. The summed E-state index contributed by atoms with van der Waals surface area (Å²) in [6.45, 7) is 2.90. The van der Waals surface area contributed by atoms with Crippen LogP contribution >= 0.6 is 11.8 Å². The van der Waals surface area contributed by atoms with Crippen LogP contribution in [0.15, 0.2) is 58.6 Å². The summed E-state index contributed by atoms with van der Waals surface area (Å²) in [6, 6.07) is 12.8. The van der Waals surface area contributed by atoms with Crippen molar-refractivity contribution in [3.63, 3.8) is 0 Å². The number of benzene rings is 2. The van der Waals surface area contributed by atoms with E-state index in [1.54, 1.807) is 18.2 Å². The fraction of sp³-hybridized carbons (Fsp3) is 0.182. The SMILES string of the molecule is Cc1ccccc1-n1c(SCC(=O)Nc2ccc3c(c2)OCCO3)nc2[nH]ncc2c1=O. The molecule has 0 saturated heterocycles. The molecule has 9 nitrogen and oxygen atoms in total. The average Bonchev–Trinajstić information content (AvgIpc) is 3.28. The van der Waals surface area contributed by atoms with Gasteiger partial charge in [-0.05, 0) is 30.7 Å². The lowest BCUT2D eigenvalue weighted by Gasteiger charge is -2.19. The molecule has 2 aromatic heterocycles. The van der Waals surface area contributed by atoms with E-state index in [0.717, 1.165) is 5.56 Å². The second-order valence-electron chi connectivity index (χ2n) is 7.15. The van der Waals surface area contributed by atoms with Crippen LogP contribution < -0.4 is 20.3 Å². The summed E-state index contributed by atoms with van der Waals surface area (Å²) >= 11 is 1.18. The van der Waals surface area contributed by atoms with Crippen LogP contribution in [-0.4, -0.2) is 44.6 Å². The van der Waals surface area contributed by atoms with Crippen LogP contribution in [0.2, 0.25) is 0 Å². The molecule has 0 saturated carbocycles. The van der Waals surface area contributed by atoms with E-state index in [2.05, 4.69) is 20.5 Å². The monoisotopic (exact) mass is 449 g/mol. The number of aromatic nitrogens is 4. The lowest BCUT2D eigenvalue weighted by molar-refractivity contribution is -0.113. The molecule has 1 amide bonds. The third-order valence-corrected chi connectivity index (χ3v) is 5.90. The van der Waals surface area contributed by atoms with Gasteiger partial charge in [-0.3, -0.25) is 19.3 Å². The van der Waals surface area contributed by atoms with Gasteiger partial charge in [0.2, 0.25) is 5.91 Å². The minimum absolute atomic E-state index is 0.0619. The summed E-state index contributed by atoms with van der Waals surface area (Å²) in [5.41, 5.74) is 2.38. The largest absolute Gasteiger partial charge is 0.486 e. The maximum absolute atomic E-state index is 13.2. The Kier molecular flexibility index (Phi) is 5.28. The molecule has 3 heterocycles. The summed E-state index contributed by atoms with van der Waals surface area (Å²) in [7, 11) is 0. The molecule has 0 atom stereocenters. The van der Waals surface area contributed by atoms with Gasteiger partial charge in [-0.2, -0.15) is 5.10 Å². The van der Waals surface area contributed by atoms with E-state index in [1.165, 1.54) is 22.5 Å². The first-order chi connectivity index (χ1) is 15.6. The quantitative estimate of drug-likeness (QED) is 0.356. The first kappa shape index (κ1) is 20.1. The summed E-state index contributed by atoms with van der Waals surface area (Å²) in [5.74, 6) is 1.08. The zero-order valence-electron chi connectivity index (χ0n) is 17.1. The first-order valence-corrected chi connectivity index (χ1v) is 10.9. The third-order valence-electron chi connectivity index (χ3n) is 4.97. The highest BCUT2D eigenvalue weighted by atomic mass is 32.2. The molecule has 1 aliphatic heterocycles. The second kappa shape index (κ2) is 8.39. The third kappa shape index (κ3) is 3.80. The van der Waals surface area contributed by atoms with Crippen LogP contribution in [-0.2, 0) is 4.79 Å². The van der Waals surface area contributed by atoms with E-state index in [0.29, 0.717) is 52.3 Å². The normalized spacial score (nSPS) is 12.7. The van der Waals surface area contributed by atoms with Crippen LogP contribution in [0.25, 0.3) is 16.7 Å². The number of aryl methyl sites for hydroxylation is 1. The number of nitrogens with one attached hydrogen (secondary N) is 2. The zero-order chi connectivity index (χ0) is 22.1. The summed E-state index contributed by atoms with van der Waals surface area (Å²) < 4.78 is 12.6. The molecule has 0 bridgehead atoms. The number of H-pyrrole nitrogens is 1. The van der Waals surface area contributed by atoms with Gasteiger partial charge in [-0.15, -0.1) is 0 Å². The maximum Gasteiger partial charge on any atom is 0.269 e. The minimum atomic E-state index is -0.243. The Morgan fingerprint density at radius 2 is 2.00 bits per heavy atom. The molecule has 162 valence electrons. The van der Waals surface area contributed by atoms with Crippen molar-refractivity contribution in [2.24, 2.45) is 0 Å². The van der Waals surface area contributed by atoms with Crippen molar-refractivity contribution in [2.75, 3.05) is 24.3 Å². The van der Waals surface area contributed by atoms with Crippen molar-refractivity contribution >= 4 is 34.4 Å². The number of carbonyl (C=O) groups excluding carboxylic acids is 1. The molecule has 0 spiro atoms. The predicted octanol–water partition coefficient (Wildman–Crippen LogP) is 2.92. The number of anilines is 1. The second-order valence-corrected chi connectivity index (χ2v) is 8.09. The van der Waals surface area contributed by atoms with Gasteiger partial charge in [0.1, 0.15) is 18.6 Å². The van der Waals surface area contributed by atoms with Crippen molar-refractivity contribution < 1.29 is 14.3 Å². The van der Waals surface area contributed by atoms with Gasteiger partial charge in [-0.25, -0.2) is 4.98 Å². The van der Waals surface area contributed by atoms with E-state index >= 15 is 0 Å². The van der Waals surface area contributed by atoms with Crippen LogP contribution in [0.5, 0.6) is 11.5 Å². The lowest BCUT2D eigenvalue weighted by atomic mass is 10.2. The van der Waals surface area contributed by atoms with E-state index < -0.39 is 0 Å². The first-order valence-electron chi connectivity index (χ1n) is 9.94. The molecule has 4 aromatic rings. The molecule has 5 rings (SSSR count). The average molecular weight is 449 g/mol. The molecule has 10 heteroatoms. The predicted molar refractivity (Wildman–Crippen MR) is 121 cm³/mol. The summed E-state index contributed by atoms with van der Waals surface area (Å²) in [5, 5.41) is 10.3. The number of carbonyl (C=O) groups is 1. The number of hydrogen-bond donors (Lipinski definition) is 2. The number of fused-ring (bicyclic) bond motifs is 2. The lowest BCUT2D eigenvalue weighted by Crippen LogP contribution is -2.23. The van der Waals surface area contributed by atoms with Gasteiger partial charge in [-0.1, -0.05) is 30.0 Å². The fourth-order valence-corrected chi connectivity index (χ4v) is 4.24. The number of para-hydroxylation sites is 1. The van der Waals surface area contributed by atoms with Gasteiger partial charge in [0.05, 0.1) is 17.6 Å². The van der Waals surface area contributed by atoms with Crippen molar-refractivity contribution in [1.29, 1.82) is 0 Å². The van der Waals surface area contributed by atoms with Crippen molar-refractivity contribution in [2.45, 2.75) is 12.1 Å². The Morgan fingerprint density at radius 1 is 1.19 bits per heavy atom. The number of ether oxygens (including phenoxy) is 2. The molecular weight excluding hydrogens is 430 g/mol. The molecule has 0 radical (unpaired) electrons. The van der Waals surface area contributed by atoms with E-state index in [4.69, 9.17) is 9.47 Å².